The molecule has 4 nitrogen and oxygen atoms in total. The molecule has 3 N–H and O–H groups in total. The first kappa shape index (κ1) is 16.1. The van der Waals surface area contributed by atoms with Crippen molar-refractivity contribution in [3.8, 4) is 11.5 Å². The van der Waals surface area contributed by atoms with Crippen molar-refractivity contribution in [3.63, 3.8) is 0 Å². The first-order valence-electron chi connectivity index (χ1n) is 7.21. The summed E-state index contributed by atoms with van der Waals surface area (Å²) >= 11 is 4.81. The van der Waals surface area contributed by atoms with Gasteiger partial charge in [0, 0.05) is 11.8 Å². The molecule has 0 saturated heterocycles. The Morgan fingerprint density at radius 3 is 2.23 bits per heavy atom. The van der Waals surface area contributed by atoms with Crippen LogP contribution in [0.1, 0.15) is 12.8 Å². The van der Waals surface area contributed by atoms with Crippen LogP contribution in [0.2, 0.25) is 0 Å². The van der Waals surface area contributed by atoms with Crippen molar-refractivity contribution in [3.05, 3.63) is 54.6 Å². The molecule has 0 atom stereocenters. The van der Waals surface area contributed by atoms with Crippen molar-refractivity contribution in [1.82, 2.24) is 0 Å². The summed E-state index contributed by atoms with van der Waals surface area (Å²) in [5.41, 5.74) is 6.27. The third-order valence-electron chi connectivity index (χ3n) is 2.92. The predicted molar refractivity (Wildman–Crippen MR) is 93.5 cm³/mol. The molecule has 2 aromatic rings. The SMILES string of the molecule is NC(=S)Nc1cccc(OCCCCOc2ccccc2)c1. The molecular weight excluding hydrogens is 296 g/mol. The van der Waals surface area contributed by atoms with E-state index in [1.54, 1.807) is 0 Å². The van der Waals surface area contributed by atoms with Gasteiger partial charge in [-0.3, -0.25) is 0 Å². The van der Waals surface area contributed by atoms with Crippen LogP contribution in [0.5, 0.6) is 11.5 Å². The smallest absolute Gasteiger partial charge is 0.168 e. The van der Waals surface area contributed by atoms with Gasteiger partial charge in [0.05, 0.1) is 13.2 Å². The quantitative estimate of drug-likeness (QED) is 0.576. The molecule has 0 fully saturated rings. The number of unbranched alkanes of at least 4 members (excludes halogenated alkanes) is 1. The van der Waals surface area contributed by atoms with E-state index in [1.807, 2.05) is 54.6 Å². The molecule has 0 aliphatic rings. The molecule has 0 aliphatic heterocycles. The summed E-state index contributed by atoms with van der Waals surface area (Å²) in [6.45, 7) is 1.34. The van der Waals surface area contributed by atoms with Gasteiger partial charge in [0.2, 0.25) is 0 Å². The Morgan fingerprint density at radius 2 is 1.55 bits per heavy atom. The van der Waals surface area contributed by atoms with Gasteiger partial charge in [-0.25, -0.2) is 0 Å². The largest absolute Gasteiger partial charge is 0.494 e. The highest BCUT2D eigenvalue weighted by Gasteiger charge is 1.98. The van der Waals surface area contributed by atoms with E-state index in [9.17, 15) is 0 Å². The van der Waals surface area contributed by atoms with Crippen LogP contribution in [-0.2, 0) is 0 Å². The Kier molecular flexibility index (Phi) is 6.51. The van der Waals surface area contributed by atoms with E-state index in [2.05, 4.69) is 5.32 Å². The van der Waals surface area contributed by atoms with Gasteiger partial charge in [-0.15, -0.1) is 0 Å². The molecule has 22 heavy (non-hydrogen) atoms. The molecule has 0 unspecified atom stereocenters. The minimum Gasteiger partial charge on any atom is -0.494 e. The molecule has 0 radical (unpaired) electrons. The second-order valence-corrected chi connectivity index (χ2v) is 5.17. The molecule has 0 spiro atoms. The molecule has 0 aromatic heterocycles. The minimum atomic E-state index is 0.246. The second-order valence-electron chi connectivity index (χ2n) is 4.73. The number of thiocarbonyl (C=S) groups is 1. The second kappa shape index (κ2) is 8.89. The fourth-order valence-electron chi connectivity index (χ4n) is 1.91. The number of nitrogens with one attached hydrogen (secondary N) is 1. The molecule has 2 aromatic carbocycles. The van der Waals surface area contributed by atoms with Gasteiger partial charge in [0.25, 0.3) is 0 Å². The van der Waals surface area contributed by atoms with E-state index in [0.29, 0.717) is 13.2 Å². The van der Waals surface area contributed by atoms with E-state index in [0.717, 1.165) is 30.0 Å². The van der Waals surface area contributed by atoms with Crippen LogP contribution in [0.4, 0.5) is 5.69 Å². The number of benzene rings is 2. The average Bonchev–Trinajstić information content (AvgIpc) is 2.51. The number of hydrogen-bond acceptors (Lipinski definition) is 3. The van der Waals surface area contributed by atoms with Crippen LogP contribution in [0.25, 0.3) is 0 Å². The van der Waals surface area contributed by atoms with E-state index >= 15 is 0 Å². The van der Waals surface area contributed by atoms with Gasteiger partial charge in [0.1, 0.15) is 11.5 Å². The first-order chi connectivity index (χ1) is 10.7. The van der Waals surface area contributed by atoms with Gasteiger partial charge in [-0.2, -0.15) is 0 Å². The summed E-state index contributed by atoms with van der Waals surface area (Å²) in [6, 6.07) is 17.4. The number of nitrogens with two attached hydrogens (primary N) is 1. The Bertz CT molecular complexity index is 590. The highest BCUT2D eigenvalue weighted by molar-refractivity contribution is 7.80. The van der Waals surface area contributed by atoms with Crippen LogP contribution in [0.3, 0.4) is 0 Å². The lowest BCUT2D eigenvalue weighted by atomic mass is 10.3. The highest BCUT2D eigenvalue weighted by atomic mass is 32.1. The van der Waals surface area contributed by atoms with Gasteiger partial charge < -0.3 is 20.5 Å². The molecule has 0 aliphatic carbocycles. The van der Waals surface area contributed by atoms with Crippen molar-refractivity contribution in [2.45, 2.75) is 12.8 Å². The molecule has 0 saturated carbocycles. The van der Waals surface area contributed by atoms with Gasteiger partial charge >= 0.3 is 0 Å². The molecule has 2 rings (SSSR count). The van der Waals surface area contributed by atoms with E-state index in [4.69, 9.17) is 27.4 Å². The van der Waals surface area contributed by atoms with Crippen molar-refractivity contribution in [2.75, 3.05) is 18.5 Å². The van der Waals surface area contributed by atoms with Crippen molar-refractivity contribution in [2.24, 2.45) is 5.73 Å². The maximum absolute atomic E-state index is 5.70. The average molecular weight is 316 g/mol. The van der Waals surface area contributed by atoms with Gasteiger partial charge in [-0.05, 0) is 49.3 Å². The lowest BCUT2D eigenvalue weighted by Crippen LogP contribution is -2.18. The third kappa shape index (κ3) is 6.01. The summed E-state index contributed by atoms with van der Waals surface area (Å²) < 4.78 is 11.3. The normalized spacial score (nSPS) is 10.0. The van der Waals surface area contributed by atoms with Crippen LogP contribution in [0.15, 0.2) is 54.6 Å². The summed E-state index contributed by atoms with van der Waals surface area (Å²) in [4.78, 5) is 0. The lowest BCUT2D eigenvalue weighted by Gasteiger charge is -2.09. The third-order valence-corrected chi connectivity index (χ3v) is 3.02. The standard InChI is InChI=1S/C17H20N2O2S/c18-17(22)19-14-7-6-10-16(13-14)21-12-5-4-11-20-15-8-2-1-3-9-15/h1-3,6-10,13H,4-5,11-12H2,(H3,18,19,22). The van der Waals surface area contributed by atoms with Crippen LogP contribution in [0, 0.1) is 0 Å². The van der Waals surface area contributed by atoms with Crippen molar-refractivity contribution >= 4 is 23.0 Å². The van der Waals surface area contributed by atoms with Crippen LogP contribution >= 0.6 is 12.2 Å². The molecular formula is C17H20N2O2S. The van der Waals surface area contributed by atoms with Gasteiger partial charge in [-0.1, -0.05) is 24.3 Å². The van der Waals surface area contributed by atoms with E-state index in [1.165, 1.54) is 0 Å². The number of rotatable bonds is 8. The summed E-state index contributed by atoms with van der Waals surface area (Å²) in [5, 5.41) is 3.13. The lowest BCUT2D eigenvalue weighted by molar-refractivity contribution is 0.266. The topological polar surface area (TPSA) is 56.5 Å². The summed E-state index contributed by atoms with van der Waals surface area (Å²) in [7, 11) is 0. The van der Waals surface area contributed by atoms with E-state index in [-0.39, 0.29) is 5.11 Å². The number of ether oxygens (including phenoxy) is 2. The Hall–Kier alpha value is -2.27. The maximum atomic E-state index is 5.70. The molecule has 116 valence electrons. The van der Waals surface area contributed by atoms with Crippen molar-refractivity contribution in [1.29, 1.82) is 0 Å². The van der Waals surface area contributed by atoms with Gasteiger partial charge in [0.15, 0.2) is 5.11 Å². The molecule has 0 amide bonds. The fraction of sp³-hybridized carbons (Fsp3) is 0.235. The Labute approximate surface area is 136 Å². The zero-order valence-electron chi connectivity index (χ0n) is 12.3. The summed E-state index contributed by atoms with van der Waals surface area (Å²) in [5.74, 6) is 1.70. The highest BCUT2D eigenvalue weighted by Crippen LogP contribution is 2.17. The number of hydrogen-bond donors (Lipinski definition) is 2. The Morgan fingerprint density at radius 1 is 0.909 bits per heavy atom. The number of anilines is 1. The summed E-state index contributed by atoms with van der Waals surface area (Å²) in [6.07, 6.45) is 1.87. The van der Waals surface area contributed by atoms with E-state index < -0.39 is 0 Å². The van der Waals surface area contributed by atoms with Crippen LogP contribution in [-0.4, -0.2) is 18.3 Å². The molecule has 0 heterocycles. The van der Waals surface area contributed by atoms with Crippen LogP contribution < -0.4 is 20.5 Å². The zero-order chi connectivity index (χ0) is 15.6. The first-order valence-corrected chi connectivity index (χ1v) is 7.62. The minimum absolute atomic E-state index is 0.246. The Balaban J connectivity index is 1.63. The molecule has 0 bridgehead atoms. The van der Waals surface area contributed by atoms with Crippen molar-refractivity contribution < 1.29 is 9.47 Å². The number of para-hydroxylation sites is 1. The monoisotopic (exact) mass is 316 g/mol. The predicted octanol–water partition coefficient (Wildman–Crippen LogP) is 3.58. The fourth-order valence-corrected chi connectivity index (χ4v) is 2.02. The zero-order valence-corrected chi connectivity index (χ0v) is 13.1. The maximum Gasteiger partial charge on any atom is 0.168 e. The molecule has 5 heteroatoms.